The topological polar surface area (TPSA) is 78.9 Å². The predicted molar refractivity (Wildman–Crippen MR) is 92.6 cm³/mol. The third kappa shape index (κ3) is 6.57. The molecule has 0 spiro atoms. The van der Waals surface area contributed by atoms with Crippen molar-refractivity contribution in [2.75, 3.05) is 6.61 Å². The van der Waals surface area contributed by atoms with E-state index in [2.05, 4.69) is 0 Å². The second-order valence-electron chi connectivity index (χ2n) is 6.62. The fourth-order valence-corrected chi connectivity index (χ4v) is 2.31. The summed E-state index contributed by atoms with van der Waals surface area (Å²) in [6.45, 7) is 10.3. The van der Waals surface area contributed by atoms with Crippen molar-refractivity contribution in [3.8, 4) is 5.75 Å². The van der Waals surface area contributed by atoms with Gasteiger partial charge in [-0.15, -0.1) is 0 Å². The van der Waals surface area contributed by atoms with E-state index in [1.165, 1.54) is 6.92 Å². The molecule has 1 aromatic carbocycles. The second kappa shape index (κ2) is 8.65. The van der Waals surface area contributed by atoms with E-state index < -0.39 is 17.5 Å². The van der Waals surface area contributed by atoms with Crippen LogP contribution in [0, 0.1) is 6.92 Å². The van der Waals surface area contributed by atoms with Gasteiger partial charge in [0.2, 0.25) is 0 Å². The SMILES string of the molecule is CCOC(=O)CCc1ccc(OC(C)=O)c(C)c1C(=O)OC(C)(C)C. The lowest BCUT2D eigenvalue weighted by Gasteiger charge is -2.22. The Morgan fingerprint density at radius 3 is 2.28 bits per heavy atom. The molecule has 0 saturated carbocycles. The molecular formula is C19H26O6. The highest BCUT2D eigenvalue weighted by Crippen LogP contribution is 2.28. The lowest BCUT2D eigenvalue weighted by molar-refractivity contribution is -0.143. The van der Waals surface area contributed by atoms with Crippen LogP contribution in [0.4, 0.5) is 0 Å². The van der Waals surface area contributed by atoms with E-state index in [1.807, 2.05) is 0 Å². The highest BCUT2D eigenvalue weighted by atomic mass is 16.6. The minimum Gasteiger partial charge on any atom is -0.466 e. The maximum absolute atomic E-state index is 12.6. The predicted octanol–water partition coefficient (Wildman–Crippen LogP) is 3.37. The van der Waals surface area contributed by atoms with Crippen molar-refractivity contribution in [2.45, 2.75) is 60.0 Å². The average Bonchev–Trinajstić information content (AvgIpc) is 2.45. The van der Waals surface area contributed by atoms with Gasteiger partial charge in [0.05, 0.1) is 12.2 Å². The molecule has 0 unspecified atom stereocenters. The van der Waals surface area contributed by atoms with Crippen molar-refractivity contribution in [2.24, 2.45) is 0 Å². The summed E-state index contributed by atoms with van der Waals surface area (Å²) in [5, 5.41) is 0. The van der Waals surface area contributed by atoms with Crippen LogP contribution in [0.3, 0.4) is 0 Å². The van der Waals surface area contributed by atoms with Crippen LogP contribution in [0.25, 0.3) is 0 Å². The van der Waals surface area contributed by atoms with Crippen LogP contribution in [0.15, 0.2) is 12.1 Å². The molecule has 0 fully saturated rings. The lowest BCUT2D eigenvalue weighted by atomic mass is 9.97. The summed E-state index contributed by atoms with van der Waals surface area (Å²) in [4.78, 5) is 35.5. The van der Waals surface area contributed by atoms with Gasteiger partial charge in [0, 0.05) is 18.9 Å². The van der Waals surface area contributed by atoms with Gasteiger partial charge in [-0.05, 0) is 52.7 Å². The van der Waals surface area contributed by atoms with Gasteiger partial charge < -0.3 is 14.2 Å². The van der Waals surface area contributed by atoms with E-state index in [4.69, 9.17) is 14.2 Å². The Hall–Kier alpha value is -2.37. The summed E-state index contributed by atoms with van der Waals surface area (Å²) in [5.41, 5.74) is 0.804. The van der Waals surface area contributed by atoms with Crippen LogP contribution < -0.4 is 4.74 Å². The van der Waals surface area contributed by atoms with Crippen molar-refractivity contribution in [1.29, 1.82) is 0 Å². The Kier molecular flexibility index (Phi) is 7.15. The second-order valence-corrected chi connectivity index (χ2v) is 6.62. The zero-order chi connectivity index (χ0) is 19.2. The molecule has 1 aromatic rings. The largest absolute Gasteiger partial charge is 0.466 e. The number of benzene rings is 1. The van der Waals surface area contributed by atoms with Gasteiger partial charge in [-0.1, -0.05) is 6.07 Å². The number of carbonyl (C=O) groups excluding carboxylic acids is 3. The fraction of sp³-hybridized carbons (Fsp3) is 0.526. The van der Waals surface area contributed by atoms with E-state index in [-0.39, 0.29) is 12.4 Å². The minimum absolute atomic E-state index is 0.149. The summed E-state index contributed by atoms with van der Waals surface area (Å²) >= 11 is 0. The number of ether oxygens (including phenoxy) is 3. The van der Waals surface area contributed by atoms with Crippen LogP contribution in [0.1, 0.15) is 62.5 Å². The molecule has 25 heavy (non-hydrogen) atoms. The zero-order valence-corrected chi connectivity index (χ0v) is 15.7. The van der Waals surface area contributed by atoms with Gasteiger partial charge >= 0.3 is 17.9 Å². The summed E-state index contributed by atoms with van der Waals surface area (Å²) in [6, 6.07) is 3.29. The summed E-state index contributed by atoms with van der Waals surface area (Å²) in [5.74, 6) is -1.03. The number of hydrogen-bond acceptors (Lipinski definition) is 6. The highest BCUT2D eigenvalue weighted by Gasteiger charge is 2.24. The molecule has 0 radical (unpaired) electrons. The molecule has 138 valence electrons. The number of esters is 3. The maximum Gasteiger partial charge on any atom is 0.339 e. The van der Waals surface area contributed by atoms with Gasteiger partial charge in [-0.3, -0.25) is 9.59 Å². The quantitative estimate of drug-likeness (QED) is 0.578. The first-order valence-electron chi connectivity index (χ1n) is 8.25. The molecular weight excluding hydrogens is 324 g/mol. The molecule has 0 aliphatic carbocycles. The van der Waals surface area contributed by atoms with Gasteiger partial charge in [0.15, 0.2) is 0 Å². The van der Waals surface area contributed by atoms with Crippen LogP contribution in [-0.4, -0.2) is 30.1 Å². The van der Waals surface area contributed by atoms with Crippen molar-refractivity contribution >= 4 is 17.9 Å². The molecule has 0 aliphatic rings. The Labute approximate surface area is 148 Å². The van der Waals surface area contributed by atoms with E-state index in [9.17, 15) is 14.4 Å². The van der Waals surface area contributed by atoms with Crippen molar-refractivity contribution < 1.29 is 28.6 Å². The van der Waals surface area contributed by atoms with Gasteiger partial charge in [-0.2, -0.15) is 0 Å². The lowest BCUT2D eigenvalue weighted by Crippen LogP contribution is -2.25. The first-order valence-corrected chi connectivity index (χ1v) is 8.25. The van der Waals surface area contributed by atoms with Crippen LogP contribution >= 0.6 is 0 Å². The monoisotopic (exact) mass is 350 g/mol. The first-order chi connectivity index (χ1) is 11.5. The van der Waals surface area contributed by atoms with Gasteiger partial charge in [0.25, 0.3) is 0 Å². The number of carbonyl (C=O) groups is 3. The smallest absolute Gasteiger partial charge is 0.339 e. The third-order valence-electron chi connectivity index (χ3n) is 3.26. The van der Waals surface area contributed by atoms with Crippen LogP contribution in [0.2, 0.25) is 0 Å². The molecule has 0 heterocycles. The molecule has 0 saturated heterocycles. The zero-order valence-electron chi connectivity index (χ0n) is 15.7. The highest BCUT2D eigenvalue weighted by molar-refractivity contribution is 5.94. The van der Waals surface area contributed by atoms with Crippen LogP contribution in [-0.2, 0) is 25.5 Å². The molecule has 0 amide bonds. The number of rotatable bonds is 6. The molecule has 0 atom stereocenters. The molecule has 6 nitrogen and oxygen atoms in total. The van der Waals surface area contributed by atoms with E-state index in [0.29, 0.717) is 35.5 Å². The Morgan fingerprint density at radius 2 is 1.76 bits per heavy atom. The van der Waals surface area contributed by atoms with E-state index >= 15 is 0 Å². The standard InChI is InChI=1S/C19H26O6/c1-7-23-16(21)11-9-14-8-10-15(24-13(3)20)12(2)17(14)18(22)25-19(4,5)6/h8,10H,7,9,11H2,1-6H3. The van der Waals surface area contributed by atoms with Gasteiger partial charge in [0.1, 0.15) is 11.4 Å². The Morgan fingerprint density at radius 1 is 1.12 bits per heavy atom. The average molecular weight is 350 g/mol. The van der Waals surface area contributed by atoms with Crippen molar-refractivity contribution in [3.05, 3.63) is 28.8 Å². The first kappa shape index (κ1) is 20.7. The Bertz CT molecular complexity index is 655. The normalized spacial score (nSPS) is 11.0. The van der Waals surface area contributed by atoms with Crippen molar-refractivity contribution in [3.63, 3.8) is 0 Å². The third-order valence-corrected chi connectivity index (χ3v) is 3.26. The van der Waals surface area contributed by atoms with Crippen LogP contribution in [0.5, 0.6) is 5.75 Å². The molecule has 0 N–H and O–H groups in total. The number of hydrogen-bond donors (Lipinski definition) is 0. The number of aryl methyl sites for hydroxylation is 1. The molecule has 0 aliphatic heterocycles. The summed E-state index contributed by atoms with van der Waals surface area (Å²) in [6.07, 6.45) is 0.477. The maximum atomic E-state index is 12.6. The Balaban J connectivity index is 3.21. The molecule has 6 heteroatoms. The minimum atomic E-state index is -0.667. The molecule has 1 rings (SSSR count). The van der Waals surface area contributed by atoms with E-state index in [0.717, 1.165) is 0 Å². The molecule has 0 bridgehead atoms. The van der Waals surface area contributed by atoms with Crippen molar-refractivity contribution in [1.82, 2.24) is 0 Å². The summed E-state index contributed by atoms with van der Waals surface area (Å²) in [7, 11) is 0. The van der Waals surface area contributed by atoms with Gasteiger partial charge in [-0.25, -0.2) is 4.79 Å². The summed E-state index contributed by atoms with van der Waals surface area (Å²) < 4.78 is 15.5. The van der Waals surface area contributed by atoms with E-state index in [1.54, 1.807) is 46.8 Å². The fourth-order valence-electron chi connectivity index (χ4n) is 2.31. The molecule has 0 aromatic heterocycles.